The van der Waals surface area contributed by atoms with Crippen LogP contribution in [0, 0.1) is 47.3 Å². The molecule has 10 rings (SSSR count). The third kappa shape index (κ3) is 3.93. The Hall–Kier alpha value is -0.320. The van der Waals surface area contributed by atoms with Gasteiger partial charge in [-0.3, -0.25) is 0 Å². The molecule has 0 aromatic carbocycles. The van der Waals surface area contributed by atoms with Crippen molar-refractivity contribution in [3.8, 4) is 0 Å². The molecule has 0 N–H and O–H groups in total. The lowest BCUT2D eigenvalue weighted by Gasteiger charge is -2.61. The number of hydrogen-bond acceptors (Lipinski definition) is 8. The highest BCUT2D eigenvalue weighted by Crippen LogP contribution is 2.62. The summed E-state index contributed by atoms with van der Waals surface area (Å²) in [6.45, 7) is 13.5. The van der Waals surface area contributed by atoms with E-state index in [1.165, 1.54) is 12.8 Å². The van der Waals surface area contributed by atoms with E-state index >= 15 is 0 Å². The summed E-state index contributed by atoms with van der Waals surface area (Å²) in [7, 11) is 0. The quantitative estimate of drug-likeness (QED) is 0.344. The molecule has 0 amide bonds. The zero-order valence-electron chi connectivity index (χ0n) is 26.0. The minimum atomic E-state index is -0.722. The van der Waals surface area contributed by atoms with Crippen molar-refractivity contribution >= 4 is 0 Å². The van der Waals surface area contributed by atoms with Crippen molar-refractivity contribution in [1.82, 2.24) is 0 Å². The second-order valence-corrected chi connectivity index (χ2v) is 15.8. The smallest absolute Gasteiger partial charge is 0.201 e. The first-order valence-electron chi connectivity index (χ1n) is 17.0. The summed E-state index contributed by atoms with van der Waals surface area (Å²) in [6, 6.07) is 0. The van der Waals surface area contributed by atoms with Crippen LogP contribution in [0.1, 0.15) is 112 Å². The summed E-state index contributed by atoms with van der Waals surface area (Å²) in [5.41, 5.74) is -0.968. The zero-order chi connectivity index (χ0) is 28.4. The van der Waals surface area contributed by atoms with E-state index in [0.29, 0.717) is 47.3 Å². The highest BCUT2D eigenvalue weighted by molar-refractivity contribution is 5.11. The highest BCUT2D eigenvalue weighted by atomic mass is 17.3. The fourth-order valence-corrected chi connectivity index (χ4v) is 11.1. The van der Waals surface area contributed by atoms with Gasteiger partial charge in [0.1, 0.15) is 0 Å². The van der Waals surface area contributed by atoms with Crippen LogP contribution in [0.15, 0.2) is 0 Å². The normalized spacial score (nSPS) is 61.0. The molecule has 8 heteroatoms. The van der Waals surface area contributed by atoms with Gasteiger partial charge < -0.3 is 18.9 Å². The molecular formula is C33H52O8. The molecule has 4 bridgehead atoms. The van der Waals surface area contributed by atoms with Crippen LogP contribution in [0.4, 0.5) is 0 Å². The average Bonchev–Trinajstić information content (AvgIpc) is 3.31. The Labute approximate surface area is 245 Å². The Bertz CT molecular complexity index is 947. The molecule has 8 saturated heterocycles. The molecule has 41 heavy (non-hydrogen) atoms. The highest BCUT2D eigenvalue weighted by Gasteiger charge is 2.70. The largest absolute Gasteiger partial charge is 0.346 e. The minimum absolute atomic E-state index is 0.141. The maximum absolute atomic E-state index is 6.88. The third-order valence-corrected chi connectivity index (χ3v) is 13.6. The van der Waals surface area contributed by atoms with Gasteiger partial charge in [-0.05, 0) is 107 Å². The third-order valence-electron chi connectivity index (χ3n) is 13.6. The molecule has 16 atom stereocenters. The van der Waals surface area contributed by atoms with E-state index in [4.69, 9.17) is 38.5 Å². The van der Waals surface area contributed by atoms with Crippen molar-refractivity contribution in [2.45, 2.75) is 160 Å². The fraction of sp³-hybridized carbons (Fsp3) is 1.00. The lowest BCUT2D eigenvalue weighted by Crippen LogP contribution is -2.70. The van der Waals surface area contributed by atoms with E-state index in [0.717, 1.165) is 57.8 Å². The van der Waals surface area contributed by atoms with E-state index in [1.807, 2.05) is 13.8 Å². The molecule has 0 aromatic rings. The van der Waals surface area contributed by atoms with Gasteiger partial charge in [0.05, 0.1) is 12.2 Å². The summed E-state index contributed by atoms with van der Waals surface area (Å²) in [6.07, 6.45) is 11.2. The lowest BCUT2D eigenvalue weighted by molar-refractivity contribution is -0.571. The second-order valence-electron chi connectivity index (χ2n) is 15.8. The molecule has 10 fully saturated rings. The number of rotatable bonds is 4. The van der Waals surface area contributed by atoms with E-state index in [1.54, 1.807) is 0 Å². The van der Waals surface area contributed by atoms with Gasteiger partial charge in [-0.1, -0.05) is 27.7 Å². The van der Waals surface area contributed by atoms with E-state index in [2.05, 4.69) is 27.7 Å². The van der Waals surface area contributed by atoms with Crippen molar-refractivity contribution in [1.29, 1.82) is 0 Å². The number of fused-ring (bicyclic) bond motifs is 4. The van der Waals surface area contributed by atoms with Crippen LogP contribution in [-0.2, 0) is 38.5 Å². The molecular weight excluding hydrogens is 524 g/mol. The van der Waals surface area contributed by atoms with Gasteiger partial charge in [-0.25, -0.2) is 19.6 Å². The van der Waals surface area contributed by atoms with Crippen LogP contribution >= 0.6 is 0 Å². The average molecular weight is 577 g/mol. The summed E-state index contributed by atoms with van der Waals surface area (Å²) in [5, 5.41) is 0. The lowest BCUT2D eigenvalue weighted by atomic mass is 9.57. The first-order chi connectivity index (χ1) is 19.6. The first kappa shape index (κ1) is 28.2. The molecule has 2 saturated carbocycles. The SMILES string of the molecule is C[C@@H]1CC[C@H]2[C@@H](C)C(CCCC3O[C@@H]4O[C@@]5(C)CC[C@H]6[C@H](C)CC[C@@H]([C@H]3C)[C@@]46OO5)O[C@@H]3O[C@@]4(C)CC[C@@H]1[C@]32OO4. The maximum Gasteiger partial charge on any atom is 0.201 e. The Morgan fingerprint density at radius 1 is 0.537 bits per heavy atom. The molecule has 8 heterocycles. The van der Waals surface area contributed by atoms with Crippen LogP contribution in [0.3, 0.4) is 0 Å². The van der Waals surface area contributed by atoms with Crippen molar-refractivity contribution in [2.75, 3.05) is 0 Å². The zero-order valence-corrected chi connectivity index (χ0v) is 26.0. The van der Waals surface area contributed by atoms with Gasteiger partial charge in [0.2, 0.25) is 11.6 Å². The standard InChI is InChI=1S/C33H52O8/c1-18-10-12-24-20(3)26(34-28-32(24)22(18)14-16-30(5,36-28)38-40-32)8-7-9-27-21(4)25-13-11-19(2)23-15-17-31(6)37-29(35-27)33(23,25)41-39-31/h18-29H,7-17H2,1-6H3/t18-,19-,20-,21-,22+,23+,24+,25+,26?,27?,28-,29-,30-,31-,32-,33-/m1/s1. The molecule has 10 aliphatic rings. The van der Waals surface area contributed by atoms with Crippen LogP contribution in [0.5, 0.6) is 0 Å². The minimum Gasteiger partial charge on any atom is -0.346 e. The Balaban J connectivity index is 0.980. The molecule has 0 radical (unpaired) electrons. The molecule has 2 aliphatic carbocycles. The van der Waals surface area contributed by atoms with Crippen molar-refractivity contribution in [2.24, 2.45) is 47.3 Å². The Morgan fingerprint density at radius 2 is 0.976 bits per heavy atom. The molecule has 8 nitrogen and oxygen atoms in total. The van der Waals surface area contributed by atoms with E-state index < -0.39 is 22.8 Å². The van der Waals surface area contributed by atoms with E-state index in [-0.39, 0.29) is 24.8 Å². The van der Waals surface area contributed by atoms with Crippen molar-refractivity contribution < 1.29 is 38.5 Å². The van der Waals surface area contributed by atoms with E-state index in [9.17, 15) is 0 Å². The molecule has 2 unspecified atom stereocenters. The summed E-state index contributed by atoms with van der Waals surface area (Å²) >= 11 is 0. The number of ether oxygens (including phenoxy) is 4. The Morgan fingerprint density at radius 3 is 1.41 bits per heavy atom. The van der Waals surface area contributed by atoms with Crippen molar-refractivity contribution in [3.05, 3.63) is 0 Å². The summed E-state index contributed by atoms with van der Waals surface area (Å²) in [4.78, 5) is 24.7. The summed E-state index contributed by atoms with van der Waals surface area (Å²) < 4.78 is 26.9. The van der Waals surface area contributed by atoms with Gasteiger partial charge in [0, 0.05) is 24.7 Å². The molecule has 0 aromatic heterocycles. The predicted molar refractivity (Wildman–Crippen MR) is 148 cm³/mol. The van der Waals surface area contributed by atoms with Gasteiger partial charge in [0.25, 0.3) is 0 Å². The first-order valence-corrected chi connectivity index (χ1v) is 17.0. The molecule has 2 spiro atoms. The topological polar surface area (TPSA) is 73.8 Å². The maximum atomic E-state index is 6.88. The number of hydrogen-bond donors (Lipinski definition) is 0. The second kappa shape index (κ2) is 9.59. The van der Waals surface area contributed by atoms with Crippen LogP contribution < -0.4 is 0 Å². The molecule has 8 aliphatic heterocycles. The van der Waals surface area contributed by atoms with Crippen molar-refractivity contribution in [3.63, 3.8) is 0 Å². The molecule has 232 valence electrons. The monoisotopic (exact) mass is 576 g/mol. The fourth-order valence-electron chi connectivity index (χ4n) is 11.1. The summed E-state index contributed by atoms with van der Waals surface area (Å²) in [5.74, 6) is 2.08. The van der Waals surface area contributed by atoms with Gasteiger partial charge in [-0.2, -0.15) is 0 Å². The van der Waals surface area contributed by atoms with Gasteiger partial charge >= 0.3 is 0 Å². The van der Waals surface area contributed by atoms with Gasteiger partial charge in [-0.15, -0.1) is 0 Å². The van der Waals surface area contributed by atoms with Crippen LogP contribution in [0.25, 0.3) is 0 Å². The Kier molecular flexibility index (Phi) is 6.59. The van der Waals surface area contributed by atoms with Crippen LogP contribution in [0.2, 0.25) is 0 Å². The van der Waals surface area contributed by atoms with Gasteiger partial charge in [0.15, 0.2) is 23.8 Å². The predicted octanol–water partition coefficient (Wildman–Crippen LogP) is 6.66. The van der Waals surface area contributed by atoms with Crippen LogP contribution in [-0.4, -0.2) is 47.6 Å².